The Morgan fingerprint density at radius 3 is 2.64 bits per heavy atom. The van der Waals surface area contributed by atoms with Crippen molar-refractivity contribution in [3.05, 3.63) is 59.7 Å². The molecule has 1 aliphatic heterocycles. The fourth-order valence-electron chi connectivity index (χ4n) is 3.33. The van der Waals surface area contributed by atoms with Gasteiger partial charge in [0.05, 0.1) is 0 Å². The van der Waals surface area contributed by atoms with Gasteiger partial charge in [-0.3, -0.25) is 9.69 Å². The molecule has 1 amide bonds. The molecular weight excluding hydrogens is 314 g/mol. The lowest BCUT2D eigenvalue weighted by Gasteiger charge is -2.32. The van der Waals surface area contributed by atoms with Crippen LogP contribution in [0.25, 0.3) is 11.0 Å². The maximum Gasteiger partial charge on any atom is 0.251 e. The van der Waals surface area contributed by atoms with Crippen molar-refractivity contribution in [1.29, 1.82) is 0 Å². The number of aromatic nitrogens is 3. The fraction of sp³-hybridized carbons (Fsp3) is 0.316. The molecule has 1 fully saturated rings. The minimum atomic E-state index is -0.0357. The minimum Gasteiger partial charge on any atom is -0.349 e. The molecule has 2 aromatic carbocycles. The van der Waals surface area contributed by atoms with E-state index in [4.69, 9.17) is 0 Å². The van der Waals surface area contributed by atoms with Crippen LogP contribution >= 0.6 is 0 Å². The second kappa shape index (κ2) is 7.03. The molecule has 25 heavy (non-hydrogen) atoms. The van der Waals surface area contributed by atoms with E-state index in [0.29, 0.717) is 11.1 Å². The van der Waals surface area contributed by atoms with E-state index in [1.54, 1.807) is 12.1 Å². The summed E-state index contributed by atoms with van der Waals surface area (Å²) in [5, 5.41) is 13.8. The molecule has 0 unspecified atom stereocenters. The van der Waals surface area contributed by atoms with Crippen LogP contribution in [-0.4, -0.2) is 45.3 Å². The number of benzene rings is 2. The molecule has 0 radical (unpaired) electrons. The quantitative estimate of drug-likeness (QED) is 0.767. The summed E-state index contributed by atoms with van der Waals surface area (Å²) < 4.78 is 0. The Labute approximate surface area is 146 Å². The Morgan fingerprint density at radius 2 is 1.84 bits per heavy atom. The number of fused-ring (bicyclic) bond motifs is 1. The zero-order chi connectivity index (χ0) is 17.1. The van der Waals surface area contributed by atoms with E-state index >= 15 is 0 Å². The Morgan fingerprint density at radius 1 is 1.08 bits per heavy atom. The van der Waals surface area contributed by atoms with E-state index in [-0.39, 0.29) is 11.9 Å². The summed E-state index contributed by atoms with van der Waals surface area (Å²) in [5.41, 5.74) is 3.45. The standard InChI is InChI=1S/C19H21N5O/c25-19(15-6-7-17-18(12-15)22-23-21-17)20-16-8-10-24(11-9-16)13-14-4-2-1-3-5-14/h1-7,12,16H,8-11,13H2,(H,20,25)(H,21,22,23). The van der Waals surface area contributed by atoms with E-state index in [1.807, 2.05) is 12.1 Å². The van der Waals surface area contributed by atoms with Crippen LogP contribution in [0.5, 0.6) is 0 Å². The largest absolute Gasteiger partial charge is 0.349 e. The van der Waals surface area contributed by atoms with Crippen molar-refractivity contribution in [2.45, 2.75) is 25.4 Å². The fourth-order valence-corrected chi connectivity index (χ4v) is 3.33. The average molecular weight is 335 g/mol. The molecule has 1 aromatic heterocycles. The van der Waals surface area contributed by atoms with Crippen molar-refractivity contribution in [3.8, 4) is 0 Å². The molecule has 6 heteroatoms. The summed E-state index contributed by atoms with van der Waals surface area (Å²) in [6.45, 7) is 2.98. The smallest absolute Gasteiger partial charge is 0.251 e. The maximum absolute atomic E-state index is 12.5. The van der Waals surface area contributed by atoms with Gasteiger partial charge < -0.3 is 5.32 Å². The van der Waals surface area contributed by atoms with E-state index < -0.39 is 0 Å². The lowest BCUT2D eigenvalue weighted by atomic mass is 10.0. The van der Waals surface area contributed by atoms with Crippen molar-refractivity contribution in [2.75, 3.05) is 13.1 Å². The summed E-state index contributed by atoms with van der Waals surface area (Å²) in [4.78, 5) is 14.9. The monoisotopic (exact) mass is 335 g/mol. The number of rotatable bonds is 4. The third-order valence-electron chi connectivity index (χ3n) is 4.75. The van der Waals surface area contributed by atoms with Crippen molar-refractivity contribution in [2.24, 2.45) is 0 Å². The maximum atomic E-state index is 12.5. The zero-order valence-corrected chi connectivity index (χ0v) is 14.0. The average Bonchev–Trinajstić information content (AvgIpc) is 3.12. The molecule has 1 aliphatic rings. The molecule has 0 bridgehead atoms. The van der Waals surface area contributed by atoms with Crippen LogP contribution in [0.2, 0.25) is 0 Å². The van der Waals surface area contributed by atoms with E-state index in [9.17, 15) is 4.79 Å². The van der Waals surface area contributed by atoms with Gasteiger partial charge >= 0.3 is 0 Å². The van der Waals surface area contributed by atoms with E-state index in [1.165, 1.54) is 5.56 Å². The number of aromatic amines is 1. The first-order chi connectivity index (χ1) is 12.3. The summed E-state index contributed by atoms with van der Waals surface area (Å²) in [7, 11) is 0. The lowest BCUT2D eigenvalue weighted by molar-refractivity contribution is 0.0909. The van der Waals surface area contributed by atoms with Crippen LogP contribution < -0.4 is 5.32 Å². The molecule has 2 heterocycles. The normalized spacial score (nSPS) is 16.2. The van der Waals surface area contributed by atoms with Crippen molar-refractivity contribution in [1.82, 2.24) is 25.6 Å². The number of carbonyl (C=O) groups is 1. The van der Waals surface area contributed by atoms with Crippen LogP contribution in [0.15, 0.2) is 48.5 Å². The highest BCUT2D eigenvalue weighted by Gasteiger charge is 2.21. The highest BCUT2D eigenvalue weighted by Crippen LogP contribution is 2.15. The van der Waals surface area contributed by atoms with Gasteiger partial charge in [0.1, 0.15) is 11.0 Å². The second-order valence-electron chi connectivity index (χ2n) is 6.54. The Kier molecular flexibility index (Phi) is 4.43. The highest BCUT2D eigenvalue weighted by atomic mass is 16.1. The highest BCUT2D eigenvalue weighted by molar-refractivity contribution is 5.97. The van der Waals surface area contributed by atoms with Crippen LogP contribution in [0.3, 0.4) is 0 Å². The molecular formula is C19H21N5O. The van der Waals surface area contributed by atoms with Crippen LogP contribution in [0.1, 0.15) is 28.8 Å². The molecule has 0 aliphatic carbocycles. The number of hydrogen-bond acceptors (Lipinski definition) is 4. The van der Waals surface area contributed by atoms with Gasteiger partial charge in [0.15, 0.2) is 0 Å². The Hall–Kier alpha value is -2.73. The van der Waals surface area contributed by atoms with Crippen molar-refractivity contribution >= 4 is 16.9 Å². The van der Waals surface area contributed by atoms with Gasteiger partial charge in [0.2, 0.25) is 0 Å². The van der Waals surface area contributed by atoms with Crippen LogP contribution in [-0.2, 0) is 6.54 Å². The second-order valence-corrected chi connectivity index (χ2v) is 6.54. The molecule has 2 N–H and O–H groups in total. The SMILES string of the molecule is O=C(NC1CCN(Cc2ccccc2)CC1)c1ccc2n[nH]nc2c1. The van der Waals surface area contributed by atoms with Gasteiger partial charge in [0.25, 0.3) is 5.91 Å². The topological polar surface area (TPSA) is 73.9 Å². The van der Waals surface area contributed by atoms with Crippen LogP contribution in [0.4, 0.5) is 0 Å². The number of amides is 1. The third-order valence-corrected chi connectivity index (χ3v) is 4.75. The van der Waals surface area contributed by atoms with Crippen molar-refractivity contribution < 1.29 is 4.79 Å². The molecule has 0 saturated carbocycles. The van der Waals surface area contributed by atoms with Gasteiger partial charge in [0, 0.05) is 31.2 Å². The van der Waals surface area contributed by atoms with Gasteiger partial charge in [-0.15, -0.1) is 0 Å². The number of piperidine rings is 1. The third kappa shape index (κ3) is 3.69. The van der Waals surface area contributed by atoms with Gasteiger partial charge in [-0.2, -0.15) is 15.4 Å². The first-order valence-corrected chi connectivity index (χ1v) is 8.65. The van der Waals surface area contributed by atoms with Gasteiger partial charge in [-0.05, 0) is 36.6 Å². The molecule has 3 aromatic rings. The Balaban J connectivity index is 1.31. The molecule has 0 spiro atoms. The molecule has 4 rings (SSSR count). The summed E-state index contributed by atoms with van der Waals surface area (Å²) in [6, 6.07) is 16.1. The van der Waals surface area contributed by atoms with Crippen LogP contribution in [0, 0.1) is 0 Å². The zero-order valence-electron chi connectivity index (χ0n) is 14.0. The molecule has 0 atom stereocenters. The molecule has 128 valence electrons. The predicted octanol–water partition coefficient (Wildman–Crippen LogP) is 2.35. The summed E-state index contributed by atoms with van der Waals surface area (Å²) >= 11 is 0. The lowest BCUT2D eigenvalue weighted by Crippen LogP contribution is -2.44. The van der Waals surface area contributed by atoms with E-state index in [2.05, 4.69) is 49.9 Å². The molecule has 1 saturated heterocycles. The minimum absolute atomic E-state index is 0.0357. The molecule has 6 nitrogen and oxygen atoms in total. The number of nitrogens with one attached hydrogen (secondary N) is 2. The number of hydrogen-bond donors (Lipinski definition) is 2. The van der Waals surface area contributed by atoms with Gasteiger partial charge in [-0.25, -0.2) is 0 Å². The van der Waals surface area contributed by atoms with Crippen molar-refractivity contribution in [3.63, 3.8) is 0 Å². The number of likely N-dealkylation sites (tertiary alicyclic amines) is 1. The summed E-state index contributed by atoms with van der Waals surface area (Å²) in [5.74, 6) is -0.0357. The first-order valence-electron chi connectivity index (χ1n) is 8.65. The summed E-state index contributed by atoms with van der Waals surface area (Å²) in [6.07, 6.45) is 1.95. The Bertz CT molecular complexity index is 852. The first kappa shape index (κ1) is 15.8. The number of H-pyrrole nitrogens is 1. The van der Waals surface area contributed by atoms with E-state index in [0.717, 1.165) is 38.0 Å². The number of carbonyl (C=O) groups excluding carboxylic acids is 1. The predicted molar refractivity (Wildman–Crippen MR) is 96.1 cm³/mol. The van der Waals surface area contributed by atoms with Gasteiger partial charge in [-0.1, -0.05) is 30.3 Å². The number of nitrogens with zero attached hydrogens (tertiary/aromatic N) is 3.